The summed E-state index contributed by atoms with van der Waals surface area (Å²) in [6.45, 7) is 7.61. The first-order valence-corrected chi connectivity index (χ1v) is 5.98. The van der Waals surface area contributed by atoms with Crippen LogP contribution < -0.4 is 10.1 Å². The Morgan fingerprint density at radius 3 is 2.53 bits per heavy atom. The summed E-state index contributed by atoms with van der Waals surface area (Å²) >= 11 is 0. The molecule has 1 aromatic carbocycles. The summed E-state index contributed by atoms with van der Waals surface area (Å²) in [5.74, 6) is 0.836. The van der Waals surface area contributed by atoms with Gasteiger partial charge in [-0.05, 0) is 23.5 Å². The quantitative estimate of drug-likeness (QED) is 0.827. The van der Waals surface area contributed by atoms with E-state index in [1.165, 1.54) is 0 Å². The van der Waals surface area contributed by atoms with Gasteiger partial charge in [0.1, 0.15) is 5.75 Å². The average Bonchev–Trinajstić information content (AvgIpc) is 2.27. The van der Waals surface area contributed by atoms with Gasteiger partial charge in [-0.2, -0.15) is 0 Å². The second-order valence-electron chi connectivity index (χ2n) is 5.41. The number of methoxy groups -OCH3 is 1. The van der Waals surface area contributed by atoms with Gasteiger partial charge in [0.05, 0.1) is 7.11 Å². The highest BCUT2D eigenvalue weighted by atomic mass is 16.5. The highest BCUT2D eigenvalue weighted by Crippen LogP contribution is 2.24. The van der Waals surface area contributed by atoms with Crippen molar-refractivity contribution in [1.82, 2.24) is 0 Å². The maximum atomic E-state index is 9.04. The molecule has 96 valence electrons. The Morgan fingerprint density at radius 2 is 2.00 bits per heavy atom. The van der Waals surface area contributed by atoms with Crippen molar-refractivity contribution in [3.8, 4) is 5.75 Å². The highest BCUT2D eigenvalue weighted by molar-refractivity contribution is 5.55. The Morgan fingerprint density at radius 1 is 1.29 bits per heavy atom. The second kappa shape index (κ2) is 5.92. The van der Waals surface area contributed by atoms with Gasteiger partial charge in [-0.15, -0.1) is 0 Å². The van der Waals surface area contributed by atoms with Crippen molar-refractivity contribution >= 4 is 5.69 Å². The van der Waals surface area contributed by atoms with Gasteiger partial charge in [-0.25, -0.2) is 0 Å². The van der Waals surface area contributed by atoms with Crippen molar-refractivity contribution in [3.05, 3.63) is 23.8 Å². The van der Waals surface area contributed by atoms with Gasteiger partial charge in [-0.3, -0.25) is 0 Å². The molecule has 3 nitrogen and oxygen atoms in total. The van der Waals surface area contributed by atoms with Gasteiger partial charge in [0.2, 0.25) is 0 Å². The molecular weight excluding hydrogens is 214 g/mol. The molecule has 17 heavy (non-hydrogen) atoms. The van der Waals surface area contributed by atoms with Gasteiger partial charge in [0.15, 0.2) is 0 Å². The maximum absolute atomic E-state index is 9.04. The van der Waals surface area contributed by atoms with Gasteiger partial charge < -0.3 is 15.2 Å². The van der Waals surface area contributed by atoms with Crippen LogP contribution in [0.2, 0.25) is 0 Å². The molecule has 0 aliphatic rings. The van der Waals surface area contributed by atoms with Crippen LogP contribution in [0.5, 0.6) is 5.75 Å². The number of hydrogen-bond acceptors (Lipinski definition) is 3. The van der Waals surface area contributed by atoms with E-state index in [-0.39, 0.29) is 12.0 Å². The van der Waals surface area contributed by atoms with E-state index in [0.717, 1.165) is 23.5 Å². The fourth-order valence-electron chi connectivity index (χ4n) is 1.55. The van der Waals surface area contributed by atoms with Gasteiger partial charge >= 0.3 is 0 Å². The maximum Gasteiger partial charge on any atom is 0.120 e. The molecule has 0 aliphatic carbocycles. The van der Waals surface area contributed by atoms with Crippen molar-refractivity contribution in [2.24, 2.45) is 5.41 Å². The predicted molar refractivity (Wildman–Crippen MR) is 71.7 cm³/mol. The molecule has 0 spiro atoms. The van der Waals surface area contributed by atoms with E-state index in [4.69, 9.17) is 9.84 Å². The molecular formula is C14H23NO2. The zero-order chi connectivity index (χ0) is 12.9. The SMILES string of the molecule is COc1ccc(CCO)c(NCC(C)(C)C)c1. The zero-order valence-electron chi connectivity index (χ0n) is 11.2. The highest BCUT2D eigenvalue weighted by Gasteiger charge is 2.11. The number of aliphatic hydroxyl groups excluding tert-OH is 1. The van der Waals surface area contributed by atoms with Crippen LogP contribution in [-0.4, -0.2) is 25.4 Å². The van der Waals surface area contributed by atoms with Crippen LogP contribution in [-0.2, 0) is 6.42 Å². The summed E-state index contributed by atoms with van der Waals surface area (Å²) in [5.41, 5.74) is 2.39. The minimum Gasteiger partial charge on any atom is -0.497 e. The van der Waals surface area contributed by atoms with Crippen molar-refractivity contribution in [3.63, 3.8) is 0 Å². The number of hydrogen-bond donors (Lipinski definition) is 2. The van der Waals surface area contributed by atoms with Crippen LogP contribution >= 0.6 is 0 Å². The van der Waals surface area contributed by atoms with E-state index in [0.29, 0.717) is 6.42 Å². The smallest absolute Gasteiger partial charge is 0.120 e. The molecule has 0 heterocycles. The predicted octanol–water partition coefficient (Wildman–Crippen LogP) is 2.69. The van der Waals surface area contributed by atoms with Crippen LogP contribution in [0.25, 0.3) is 0 Å². The fourth-order valence-corrected chi connectivity index (χ4v) is 1.55. The van der Waals surface area contributed by atoms with Crippen molar-refractivity contribution in [2.45, 2.75) is 27.2 Å². The van der Waals surface area contributed by atoms with E-state index < -0.39 is 0 Å². The number of aliphatic hydroxyl groups is 1. The lowest BCUT2D eigenvalue weighted by molar-refractivity contribution is 0.299. The Labute approximate surface area is 104 Å². The van der Waals surface area contributed by atoms with Crippen LogP contribution in [0.3, 0.4) is 0 Å². The van der Waals surface area contributed by atoms with Crippen molar-refractivity contribution < 1.29 is 9.84 Å². The molecule has 1 rings (SSSR count). The second-order valence-corrected chi connectivity index (χ2v) is 5.41. The summed E-state index contributed by atoms with van der Waals surface area (Å²) in [6.07, 6.45) is 0.663. The van der Waals surface area contributed by atoms with Gasteiger partial charge in [0, 0.05) is 24.9 Å². The van der Waals surface area contributed by atoms with Crippen molar-refractivity contribution in [2.75, 3.05) is 25.6 Å². The molecule has 0 fully saturated rings. The lowest BCUT2D eigenvalue weighted by atomic mass is 9.96. The summed E-state index contributed by atoms with van der Waals surface area (Å²) in [5, 5.41) is 12.5. The lowest BCUT2D eigenvalue weighted by Crippen LogP contribution is -2.19. The summed E-state index contributed by atoms with van der Waals surface area (Å²) in [4.78, 5) is 0. The molecule has 0 saturated carbocycles. The largest absolute Gasteiger partial charge is 0.497 e. The van der Waals surface area contributed by atoms with Gasteiger partial charge in [0.25, 0.3) is 0 Å². The summed E-state index contributed by atoms with van der Waals surface area (Å²) in [7, 11) is 1.66. The Hall–Kier alpha value is -1.22. The molecule has 0 aliphatic heterocycles. The third-order valence-electron chi connectivity index (χ3n) is 2.51. The van der Waals surface area contributed by atoms with E-state index in [1.807, 2.05) is 18.2 Å². The van der Waals surface area contributed by atoms with E-state index >= 15 is 0 Å². The molecule has 0 aromatic heterocycles. The zero-order valence-corrected chi connectivity index (χ0v) is 11.2. The standard InChI is InChI=1S/C14H23NO2/c1-14(2,3)10-15-13-9-12(17-4)6-5-11(13)7-8-16/h5-6,9,15-16H,7-8,10H2,1-4H3. The number of anilines is 1. The Balaban J connectivity index is 2.85. The monoisotopic (exact) mass is 237 g/mol. The van der Waals surface area contributed by atoms with Crippen LogP contribution in [0, 0.1) is 5.41 Å². The molecule has 0 unspecified atom stereocenters. The molecule has 0 amide bonds. The van der Waals surface area contributed by atoms with E-state index in [9.17, 15) is 0 Å². The van der Waals surface area contributed by atoms with E-state index in [2.05, 4.69) is 26.1 Å². The topological polar surface area (TPSA) is 41.5 Å². The number of ether oxygens (including phenoxy) is 1. The third-order valence-corrected chi connectivity index (χ3v) is 2.51. The average molecular weight is 237 g/mol. The normalized spacial score (nSPS) is 11.4. The lowest BCUT2D eigenvalue weighted by Gasteiger charge is -2.21. The summed E-state index contributed by atoms with van der Waals surface area (Å²) < 4.78 is 5.22. The van der Waals surface area contributed by atoms with E-state index in [1.54, 1.807) is 7.11 Å². The molecule has 0 bridgehead atoms. The molecule has 3 heteroatoms. The van der Waals surface area contributed by atoms with Gasteiger partial charge in [-0.1, -0.05) is 26.8 Å². The molecule has 0 atom stereocenters. The third kappa shape index (κ3) is 4.65. The Kier molecular flexibility index (Phi) is 4.82. The Bertz CT molecular complexity index is 356. The van der Waals surface area contributed by atoms with Crippen molar-refractivity contribution in [1.29, 1.82) is 0 Å². The molecule has 0 radical (unpaired) electrons. The minimum atomic E-state index is 0.163. The van der Waals surface area contributed by atoms with Crippen LogP contribution in [0.4, 0.5) is 5.69 Å². The van der Waals surface area contributed by atoms with Crippen LogP contribution in [0.15, 0.2) is 18.2 Å². The first-order valence-electron chi connectivity index (χ1n) is 5.98. The van der Waals surface area contributed by atoms with Crippen LogP contribution in [0.1, 0.15) is 26.3 Å². The minimum absolute atomic E-state index is 0.163. The summed E-state index contributed by atoms with van der Waals surface area (Å²) in [6, 6.07) is 5.91. The first-order chi connectivity index (χ1) is 7.96. The fraction of sp³-hybridized carbons (Fsp3) is 0.571. The number of rotatable bonds is 5. The molecule has 0 saturated heterocycles. The molecule has 1 aromatic rings. The first kappa shape index (κ1) is 13.8. The number of nitrogens with one attached hydrogen (secondary N) is 1. The molecule has 2 N–H and O–H groups in total. The number of benzene rings is 1.